The smallest absolute Gasteiger partial charge is 0.389 e. The van der Waals surface area contributed by atoms with E-state index < -0.39 is 29.3 Å². The van der Waals surface area contributed by atoms with E-state index >= 15 is 0 Å². The van der Waals surface area contributed by atoms with Crippen LogP contribution < -0.4 is 9.63 Å². The highest BCUT2D eigenvalue weighted by atomic mass is 35.5. The maximum atomic E-state index is 12.6. The molecule has 0 spiro atoms. The monoisotopic (exact) mass is 462 g/mol. The van der Waals surface area contributed by atoms with Crippen molar-refractivity contribution in [3.05, 3.63) is 41.1 Å². The first kappa shape index (κ1) is 23.7. The molecule has 7 nitrogen and oxygen atoms in total. The zero-order chi connectivity index (χ0) is 22.3. The molecule has 0 bridgehead atoms. The first-order valence-electron chi connectivity index (χ1n) is 8.70. The average Bonchev–Trinajstić information content (AvgIpc) is 3.04. The quantitative estimate of drug-likeness (QED) is 0.326. The number of carbonyl (C=O) groups is 1. The standard InChI is InChI=1S/C18H18ClF3N4O3S/c1-2-8-25(16(27)6-11-30(29)10-4-7-18(20,21)22)15-13-26(23-17(15)19)14-5-3-9-24(28)12-14/h1,3,5,9,12-13H,4,6-8,10-11H2. The Hall–Kier alpha value is -2.58. The van der Waals surface area contributed by atoms with Gasteiger partial charge in [0.1, 0.15) is 11.4 Å². The molecule has 12 heteroatoms. The van der Waals surface area contributed by atoms with E-state index in [9.17, 15) is 27.4 Å². The molecule has 0 aliphatic carbocycles. The van der Waals surface area contributed by atoms with E-state index in [1.165, 1.54) is 34.2 Å². The van der Waals surface area contributed by atoms with Gasteiger partial charge in [-0.2, -0.15) is 23.0 Å². The molecule has 0 saturated carbocycles. The van der Waals surface area contributed by atoms with E-state index in [0.29, 0.717) is 10.4 Å². The third kappa shape index (κ3) is 7.03. The zero-order valence-corrected chi connectivity index (χ0v) is 17.2. The van der Waals surface area contributed by atoms with Crippen LogP contribution in [0.5, 0.6) is 0 Å². The zero-order valence-electron chi connectivity index (χ0n) is 15.6. The van der Waals surface area contributed by atoms with Crippen LogP contribution in [0.15, 0.2) is 30.7 Å². The Labute approximate surface area is 178 Å². The SMILES string of the molecule is C#CCN(C(=O)CCS(=O)CCCC(F)(F)F)c1cn(-c2ccc[n+]([O-])c2)nc1Cl. The van der Waals surface area contributed by atoms with Crippen LogP contribution in [-0.2, 0) is 15.6 Å². The summed E-state index contributed by atoms with van der Waals surface area (Å²) in [4.78, 5) is 13.8. The number of alkyl halides is 3. The highest BCUT2D eigenvalue weighted by Crippen LogP contribution is 2.26. The lowest BCUT2D eigenvalue weighted by Gasteiger charge is -2.18. The van der Waals surface area contributed by atoms with Gasteiger partial charge in [0.15, 0.2) is 11.3 Å². The van der Waals surface area contributed by atoms with Crippen molar-refractivity contribution in [2.45, 2.75) is 25.4 Å². The second-order valence-electron chi connectivity index (χ2n) is 6.17. The Bertz CT molecular complexity index is 959. The fraction of sp³-hybridized carbons (Fsp3) is 0.389. The highest BCUT2D eigenvalue weighted by Gasteiger charge is 2.27. The predicted octanol–water partition coefficient (Wildman–Crippen LogP) is 2.61. The molecule has 0 aromatic carbocycles. The number of carbonyl (C=O) groups excluding carboxylic acids is 1. The van der Waals surface area contributed by atoms with Gasteiger partial charge in [0.2, 0.25) is 12.1 Å². The summed E-state index contributed by atoms with van der Waals surface area (Å²) in [7, 11) is -1.58. The van der Waals surface area contributed by atoms with Crippen molar-refractivity contribution in [1.29, 1.82) is 0 Å². The number of amides is 1. The molecule has 30 heavy (non-hydrogen) atoms. The van der Waals surface area contributed by atoms with Crippen molar-refractivity contribution in [3.63, 3.8) is 0 Å². The maximum Gasteiger partial charge on any atom is 0.389 e. The molecule has 1 unspecified atom stereocenters. The third-order valence-corrected chi connectivity index (χ3v) is 5.57. The molecule has 0 fully saturated rings. The van der Waals surface area contributed by atoms with Gasteiger partial charge in [-0.15, -0.1) is 6.42 Å². The van der Waals surface area contributed by atoms with Crippen molar-refractivity contribution in [3.8, 4) is 18.0 Å². The number of nitrogens with zero attached hydrogens (tertiary/aromatic N) is 4. The topological polar surface area (TPSA) is 82.1 Å². The third-order valence-electron chi connectivity index (χ3n) is 3.89. The van der Waals surface area contributed by atoms with Crippen molar-refractivity contribution < 1.29 is 26.9 Å². The number of hydrogen-bond acceptors (Lipinski definition) is 4. The fourth-order valence-corrected chi connectivity index (χ4v) is 3.81. The van der Waals surface area contributed by atoms with Crippen LogP contribution in [-0.4, -0.2) is 44.1 Å². The van der Waals surface area contributed by atoms with Gasteiger partial charge in [-0.05, 0) is 12.5 Å². The van der Waals surface area contributed by atoms with Crippen LogP contribution in [0.1, 0.15) is 19.3 Å². The molecule has 2 rings (SSSR count). The van der Waals surface area contributed by atoms with E-state index in [2.05, 4.69) is 11.0 Å². The van der Waals surface area contributed by atoms with E-state index in [1.807, 2.05) is 0 Å². The number of aromatic nitrogens is 3. The molecule has 0 N–H and O–H groups in total. The lowest BCUT2D eigenvalue weighted by molar-refractivity contribution is -0.605. The molecule has 0 aliphatic heterocycles. The second kappa shape index (κ2) is 10.4. The van der Waals surface area contributed by atoms with Crippen LogP contribution in [0.3, 0.4) is 0 Å². The fourth-order valence-electron chi connectivity index (χ4n) is 2.51. The molecule has 0 saturated heterocycles. The van der Waals surface area contributed by atoms with Crippen LogP contribution in [0.2, 0.25) is 5.15 Å². The summed E-state index contributed by atoms with van der Waals surface area (Å²) >= 11 is 6.14. The van der Waals surface area contributed by atoms with Crippen molar-refractivity contribution in [2.75, 3.05) is 23.0 Å². The second-order valence-corrected chi connectivity index (χ2v) is 8.23. The molecular weight excluding hydrogens is 445 g/mol. The molecule has 2 aromatic heterocycles. The Morgan fingerprint density at radius 1 is 1.43 bits per heavy atom. The number of halogens is 4. The van der Waals surface area contributed by atoms with Crippen LogP contribution >= 0.6 is 11.6 Å². The summed E-state index contributed by atoms with van der Waals surface area (Å²) in [5.41, 5.74) is 0.600. The summed E-state index contributed by atoms with van der Waals surface area (Å²) in [6.45, 7) is -0.138. The minimum Gasteiger partial charge on any atom is -0.619 e. The Balaban J connectivity index is 2.05. The average molecular weight is 463 g/mol. The summed E-state index contributed by atoms with van der Waals surface area (Å²) in [5, 5.41) is 15.5. The van der Waals surface area contributed by atoms with E-state index in [4.69, 9.17) is 18.0 Å². The van der Waals surface area contributed by atoms with Crippen molar-refractivity contribution in [1.82, 2.24) is 9.78 Å². The van der Waals surface area contributed by atoms with E-state index in [0.717, 1.165) is 0 Å². The van der Waals surface area contributed by atoms with Gasteiger partial charge in [-0.3, -0.25) is 13.9 Å². The minimum atomic E-state index is -4.30. The predicted molar refractivity (Wildman–Crippen MR) is 107 cm³/mol. The van der Waals surface area contributed by atoms with Gasteiger partial charge >= 0.3 is 6.18 Å². The van der Waals surface area contributed by atoms with Gasteiger partial charge < -0.3 is 5.21 Å². The largest absolute Gasteiger partial charge is 0.619 e. The molecule has 1 amide bonds. The van der Waals surface area contributed by atoms with Gasteiger partial charge in [0, 0.05) is 41.2 Å². The first-order chi connectivity index (χ1) is 14.1. The summed E-state index contributed by atoms with van der Waals surface area (Å²) < 4.78 is 50.3. The van der Waals surface area contributed by atoms with Crippen LogP contribution in [0.4, 0.5) is 18.9 Å². The number of terminal acetylenes is 1. The lowest BCUT2D eigenvalue weighted by atomic mass is 10.3. The van der Waals surface area contributed by atoms with E-state index in [1.54, 1.807) is 6.07 Å². The first-order valence-corrected chi connectivity index (χ1v) is 10.6. The van der Waals surface area contributed by atoms with Gasteiger partial charge in [0.05, 0.1) is 12.7 Å². The van der Waals surface area contributed by atoms with Crippen molar-refractivity contribution in [2.24, 2.45) is 0 Å². The summed E-state index contributed by atoms with van der Waals surface area (Å²) in [6, 6.07) is 3.12. The maximum absolute atomic E-state index is 12.6. The number of pyridine rings is 1. The van der Waals surface area contributed by atoms with Crippen LogP contribution in [0.25, 0.3) is 5.69 Å². The highest BCUT2D eigenvalue weighted by molar-refractivity contribution is 7.84. The molecule has 0 aliphatic rings. The molecule has 1 atom stereocenters. The number of rotatable bonds is 9. The number of anilines is 1. The van der Waals surface area contributed by atoms with Gasteiger partial charge in [-0.1, -0.05) is 17.5 Å². The van der Waals surface area contributed by atoms with Gasteiger partial charge in [0.25, 0.3) is 0 Å². The minimum absolute atomic E-state index is 0.0359. The molecule has 2 aromatic rings. The summed E-state index contributed by atoms with van der Waals surface area (Å²) in [5.74, 6) is 1.58. The Morgan fingerprint density at radius 3 is 2.80 bits per heavy atom. The summed E-state index contributed by atoms with van der Waals surface area (Å²) in [6.07, 6.45) is 3.52. The Kier molecular flexibility index (Phi) is 8.25. The molecule has 2 heterocycles. The van der Waals surface area contributed by atoms with Crippen molar-refractivity contribution >= 4 is 34.0 Å². The normalized spacial score (nSPS) is 12.4. The van der Waals surface area contributed by atoms with E-state index in [-0.39, 0.29) is 41.7 Å². The lowest BCUT2D eigenvalue weighted by Crippen LogP contribution is -2.32. The number of hydrogen-bond donors (Lipinski definition) is 0. The molecule has 162 valence electrons. The van der Waals surface area contributed by atoms with Crippen LogP contribution in [0, 0.1) is 17.6 Å². The Morgan fingerprint density at radius 2 is 2.17 bits per heavy atom. The molecule has 0 radical (unpaired) electrons. The molecular formula is C18H18ClF3N4O3S. The van der Waals surface area contributed by atoms with Gasteiger partial charge in [-0.25, -0.2) is 4.68 Å².